The van der Waals surface area contributed by atoms with E-state index in [2.05, 4.69) is 31.8 Å². The average Bonchev–Trinajstić information content (AvgIpc) is 3.26. The number of nitrogens with zero attached hydrogens (tertiary/aromatic N) is 2. The van der Waals surface area contributed by atoms with Crippen molar-refractivity contribution in [3.05, 3.63) is 35.0 Å². The summed E-state index contributed by atoms with van der Waals surface area (Å²) in [6.07, 6.45) is -1.42. The summed E-state index contributed by atoms with van der Waals surface area (Å²) in [4.78, 5) is 6.38. The fraction of sp³-hybridized carbons (Fsp3) is 0.619. The molecule has 3 aliphatic heterocycles. The molecule has 0 aliphatic carbocycles. The van der Waals surface area contributed by atoms with Gasteiger partial charge in [0.15, 0.2) is 11.9 Å². The summed E-state index contributed by atoms with van der Waals surface area (Å²) in [5, 5.41) is 11.1. The highest BCUT2D eigenvalue weighted by atomic mass is 79.9. The quantitative estimate of drug-likeness (QED) is 0.727. The molecule has 4 rings (SSSR count). The third kappa shape index (κ3) is 4.14. The fourth-order valence-electron chi connectivity index (χ4n) is 4.44. The van der Waals surface area contributed by atoms with Crippen LogP contribution in [0.1, 0.15) is 13.8 Å². The van der Waals surface area contributed by atoms with E-state index >= 15 is 0 Å². The third-order valence-corrected chi connectivity index (χ3v) is 6.31. The van der Waals surface area contributed by atoms with Gasteiger partial charge in [0, 0.05) is 31.2 Å². The van der Waals surface area contributed by atoms with Crippen LogP contribution < -0.4 is 9.64 Å². The lowest BCUT2D eigenvalue weighted by Crippen LogP contribution is -2.54. The lowest BCUT2D eigenvalue weighted by Gasteiger charge is -2.40. The number of aliphatic hydroxyl groups is 1. The van der Waals surface area contributed by atoms with Crippen LogP contribution in [0.2, 0.25) is 0 Å². The first-order chi connectivity index (χ1) is 13.9. The molecule has 0 spiro atoms. The first-order valence-electron chi connectivity index (χ1n) is 10.0. The Kier molecular flexibility index (Phi) is 6.09. The summed E-state index contributed by atoms with van der Waals surface area (Å²) in [5.41, 5.74) is 1.10. The van der Waals surface area contributed by atoms with Crippen LogP contribution in [0.3, 0.4) is 0 Å². The van der Waals surface area contributed by atoms with E-state index in [9.17, 15) is 5.11 Å². The Morgan fingerprint density at radius 2 is 1.93 bits per heavy atom. The molecule has 0 bridgehead atoms. The van der Waals surface area contributed by atoms with E-state index in [1.807, 2.05) is 32.0 Å². The van der Waals surface area contributed by atoms with Gasteiger partial charge in [0.25, 0.3) is 0 Å². The van der Waals surface area contributed by atoms with Gasteiger partial charge in [-0.05, 0) is 26.0 Å². The largest absolute Gasteiger partial charge is 0.495 e. The van der Waals surface area contributed by atoms with E-state index in [1.165, 1.54) is 0 Å². The number of halogens is 1. The zero-order chi connectivity index (χ0) is 20.6. The highest BCUT2D eigenvalue weighted by Crippen LogP contribution is 2.37. The SMILES string of the molecule is COc1ccccc1N1CCN([C@H]2/C(=C/Br)O[C@H]([C@H]3COC(C)(C)O3)[C@@H]2O)CC1. The minimum absolute atomic E-state index is 0.202. The van der Waals surface area contributed by atoms with Gasteiger partial charge in [0.1, 0.15) is 23.7 Å². The number of hydrogen-bond donors (Lipinski definition) is 1. The van der Waals surface area contributed by atoms with Crippen molar-refractivity contribution in [2.75, 3.05) is 44.8 Å². The number of anilines is 1. The highest BCUT2D eigenvalue weighted by Gasteiger charge is 2.51. The molecule has 29 heavy (non-hydrogen) atoms. The van der Waals surface area contributed by atoms with Crippen molar-refractivity contribution in [2.24, 2.45) is 0 Å². The van der Waals surface area contributed by atoms with Crippen LogP contribution in [0.15, 0.2) is 35.0 Å². The van der Waals surface area contributed by atoms with Gasteiger partial charge in [-0.25, -0.2) is 0 Å². The Morgan fingerprint density at radius 1 is 1.21 bits per heavy atom. The maximum atomic E-state index is 11.1. The zero-order valence-electron chi connectivity index (χ0n) is 17.1. The van der Waals surface area contributed by atoms with E-state index in [0.717, 1.165) is 43.4 Å². The molecule has 3 fully saturated rings. The van der Waals surface area contributed by atoms with Crippen molar-refractivity contribution in [3.63, 3.8) is 0 Å². The molecule has 0 amide bonds. The monoisotopic (exact) mass is 468 g/mol. The van der Waals surface area contributed by atoms with Crippen molar-refractivity contribution in [1.29, 1.82) is 0 Å². The minimum Gasteiger partial charge on any atom is -0.495 e. The fourth-order valence-corrected chi connectivity index (χ4v) is 4.81. The molecule has 4 atom stereocenters. The second-order valence-electron chi connectivity index (χ2n) is 8.09. The molecule has 3 aliphatic rings. The van der Waals surface area contributed by atoms with Crippen molar-refractivity contribution in [3.8, 4) is 5.75 Å². The van der Waals surface area contributed by atoms with Crippen LogP contribution in [0.4, 0.5) is 5.69 Å². The van der Waals surface area contributed by atoms with Gasteiger partial charge in [0.2, 0.25) is 0 Å². The summed E-state index contributed by atoms with van der Waals surface area (Å²) in [6.45, 7) is 7.49. The minimum atomic E-state index is -0.681. The van der Waals surface area contributed by atoms with Gasteiger partial charge < -0.3 is 29.0 Å². The highest BCUT2D eigenvalue weighted by molar-refractivity contribution is 9.11. The van der Waals surface area contributed by atoms with Crippen LogP contribution in [0.25, 0.3) is 0 Å². The van der Waals surface area contributed by atoms with E-state index in [1.54, 1.807) is 12.1 Å². The molecule has 1 aromatic carbocycles. The number of rotatable bonds is 4. The molecule has 3 saturated heterocycles. The molecule has 0 radical (unpaired) electrons. The van der Waals surface area contributed by atoms with Gasteiger partial charge in [-0.1, -0.05) is 28.1 Å². The van der Waals surface area contributed by atoms with E-state index in [4.69, 9.17) is 18.9 Å². The molecule has 7 nitrogen and oxygen atoms in total. The van der Waals surface area contributed by atoms with Gasteiger partial charge >= 0.3 is 0 Å². The number of para-hydroxylation sites is 2. The molecule has 1 N–H and O–H groups in total. The Bertz CT molecular complexity index is 750. The molecule has 8 heteroatoms. The predicted octanol–water partition coefficient (Wildman–Crippen LogP) is 2.33. The van der Waals surface area contributed by atoms with Crippen molar-refractivity contribution >= 4 is 21.6 Å². The number of hydrogen-bond acceptors (Lipinski definition) is 7. The molecule has 0 saturated carbocycles. The normalized spacial score (nSPS) is 33.8. The topological polar surface area (TPSA) is 63.6 Å². The van der Waals surface area contributed by atoms with Gasteiger partial charge in [-0.2, -0.15) is 0 Å². The summed E-state index contributed by atoms with van der Waals surface area (Å²) >= 11 is 3.41. The standard InChI is InChI=1S/C21H29BrN2O5/c1-21(2)27-13-17(29-21)20-19(25)18(16(12-22)28-20)24-10-8-23(9-11-24)14-6-4-5-7-15(14)26-3/h4-7,12,17-20,25H,8-11,13H2,1-3H3/b16-12-/t17-,18+,19-,20-/m1/s1. The Hall–Kier alpha value is -1.32. The van der Waals surface area contributed by atoms with Gasteiger partial charge in [0.05, 0.1) is 25.4 Å². The van der Waals surface area contributed by atoms with Crippen molar-refractivity contribution in [2.45, 2.75) is 44.0 Å². The molecule has 160 valence electrons. The summed E-state index contributed by atoms with van der Waals surface area (Å²) in [5.74, 6) is 0.971. The number of piperazine rings is 1. The van der Waals surface area contributed by atoms with Crippen LogP contribution in [-0.4, -0.2) is 80.0 Å². The van der Waals surface area contributed by atoms with Crippen LogP contribution in [0.5, 0.6) is 5.75 Å². The first kappa shape index (κ1) is 20.9. The smallest absolute Gasteiger partial charge is 0.163 e. The lowest BCUT2D eigenvalue weighted by atomic mass is 10.0. The summed E-state index contributed by atoms with van der Waals surface area (Å²) < 4.78 is 23.2. The molecule has 0 unspecified atom stereocenters. The maximum absolute atomic E-state index is 11.1. The number of methoxy groups -OCH3 is 1. The number of ether oxygens (including phenoxy) is 4. The van der Waals surface area contributed by atoms with E-state index < -0.39 is 18.0 Å². The van der Waals surface area contributed by atoms with Gasteiger partial charge in [-0.15, -0.1) is 0 Å². The average molecular weight is 469 g/mol. The zero-order valence-corrected chi connectivity index (χ0v) is 18.7. The number of benzene rings is 1. The molecule has 1 aromatic rings. The Labute approximate surface area is 180 Å². The number of aliphatic hydroxyl groups excluding tert-OH is 1. The molecule has 0 aromatic heterocycles. The second-order valence-corrected chi connectivity index (χ2v) is 8.55. The van der Waals surface area contributed by atoms with E-state index in [0.29, 0.717) is 6.61 Å². The molecular weight excluding hydrogens is 440 g/mol. The van der Waals surface area contributed by atoms with E-state index in [-0.39, 0.29) is 12.1 Å². The first-order valence-corrected chi connectivity index (χ1v) is 10.9. The van der Waals surface area contributed by atoms with Crippen molar-refractivity contribution in [1.82, 2.24) is 4.90 Å². The van der Waals surface area contributed by atoms with Gasteiger partial charge in [-0.3, -0.25) is 4.90 Å². The maximum Gasteiger partial charge on any atom is 0.163 e. The third-order valence-electron chi connectivity index (χ3n) is 5.86. The summed E-state index contributed by atoms with van der Waals surface area (Å²) in [6, 6.07) is 7.87. The lowest BCUT2D eigenvalue weighted by molar-refractivity contribution is -0.156. The predicted molar refractivity (Wildman–Crippen MR) is 113 cm³/mol. The van der Waals surface area contributed by atoms with Crippen LogP contribution in [0, 0.1) is 0 Å². The second kappa shape index (κ2) is 8.43. The molecular formula is C21H29BrN2O5. The molecule has 3 heterocycles. The Balaban J connectivity index is 1.43. The van der Waals surface area contributed by atoms with Crippen LogP contribution >= 0.6 is 15.9 Å². The summed E-state index contributed by atoms with van der Waals surface area (Å²) in [7, 11) is 1.70. The van der Waals surface area contributed by atoms with Crippen molar-refractivity contribution < 1.29 is 24.1 Å². The Morgan fingerprint density at radius 3 is 2.55 bits per heavy atom. The van der Waals surface area contributed by atoms with Crippen LogP contribution in [-0.2, 0) is 14.2 Å².